The van der Waals surface area contributed by atoms with Gasteiger partial charge in [-0.05, 0) is 71.1 Å². The number of nitrogens with one attached hydrogen (secondary N) is 1. The van der Waals surface area contributed by atoms with E-state index in [-0.39, 0.29) is 6.09 Å². The fourth-order valence-electron chi connectivity index (χ4n) is 4.94. The molecule has 0 radical (unpaired) electrons. The number of ether oxygens (including phenoxy) is 4. The fraction of sp³-hybridized carbons (Fsp3) is 0.433. The predicted octanol–water partition coefficient (Wildman–Crippen LogP) is 6.64. The number of piperidine rings is 1. The van der Waals surface area contributed by atoms with Gasteiger partial charge in [0.1, 0.15) is 11.9 Å². The zero-order valence-electron chi connectivity index (χ0n) is 23.2. The van der Waals surface area contributed by atoms with Crippen LogP contribution in [-0.2, 0) is 4.74 Å². The molecule has 5 rings (SSSR count). The van der Waals surface area contributed by atoms with E-state index in [0.29, 0.717) is 48.5 Å². The summed E-state index contributed by atoms with van der Waals surface area (Å²) >= 11 is 0. The molecule has 0 unspecified atom stereocenters. The Kier molecular flexibility index (Phi) is 7.50. The van der Waals surface area contributed by atoms with E-state index in [1.165, 1.54) is 6.33 Å². The van der Waals surface area contributed by atoms with E-state index in [9.17, 15) is 4.79 Å². The number of rotatable bonds is 7. The summed E-state index contributed by atoms with van der Waals surface area (Å²) in [7, 11) is 1.62. The zero-order valence-corrected chi connectivity index (χ0v) is 23.2. The first-order valence-corrected chi connectivity index (χ1v) is 13.4. The number of carbonyl (C=O) groups is 1. The summed E-state index contributed by atoms with van der Waals surface area (Å²) in [6.45, 7) is 9.60. The minimum Gasteiger partial charge on any atom is -0.493 e. The molecule has 1 fully saturated rings. The van der Waals surface area contributed by atoms with Gasteiger partial charge in [0.25, 0.3) is 0 Å². The Hall–Kier alpha value is -4.01. The molecule has 9 nitrogen and oxygen atoms in total. The molecule has 2 aromatic heterocycles. The molecule has 0 aliphatic carbocycles. The second-order valence-electron chi connectivity index (χ2n) is 11.0. The van der Waals surface area contributed by atoms with E-state index < -0.39 is 5.60 Å². The van der Waals surface area contributed by atoms with Crippen molar-refractivity contribution in [1.29, 1.82) is 0 Å². The SMILES string of the molecule is COc1cc2c(Oc3c(C)[nH]c4ccccc34)ncnc2cc1OCCC1CCN(C(=O)OC(C)(C)C)CC1. The second kappa shape index (κ2) is 11.0. The molecular weight excluding hydrogens is 496 g/mol. The van der Waals surface area contributed by atoms with Crippen molar-refractivity contribution in [3.8, 4) is 23.1 Å². The van der Waals surface area contributed by atoms with Crippen molar-refractivity contribution in [2.24, 2.45) is 5.92 Å². The average molecular weight is 533 g/mol. The summed E-state index contributed by atoms with van der Waals surface area (Å²) in [5.41, 5.74) is 2.16. The third kappa shape index (κ3) is 6.02. The van der Waals surface area contributed by atoms with Gasteiger partial charge in [-0.1, -0.05) is 12.1 Å². The van der Waals surface area contributed by atoms with Gasteiger partial charge < -0.3 is 28.8 Å². The Morgan fingerprint density at radius 3 is 2.59 bits per heavy atom. The third-order valence-electron chi connectivity index (χ3n) is 6.97. The molecule has 0 bridgehead atoms. The maximum atomic E-state index is 12.3. The molecule has 9 heteroatoms. The Balaban J connectivity index is 1.24. The highest BCUT2D eigenvalue weighted by Gasteiger charge is 2.27. The average Bonchev–Trinajstić information content (AvgIpc) is 3.22. The molecule has 2 aromatic carbocycles. The summed E-state index contributed by atoms with van der Waals surface area (Å²) in [6, 6.07) is 11.7. The number of hydrogen-bond donors (Lipinski definition) is 1. The van der Waals surface area contributed by atoms with Crippen LogP contribution in [0.2, 0.25) is 0 Å². The largest absolute Gasteiger partial charge is 0.493 e. The number of para-hydroxylation sites is 1. The van der Waals surface area contributed by atoms with Crippen LogP contribution in [0.15, 0.2) is 42.7 Å². The highest BCUT2D eigenvalue weighted by molar-refractivity contribution is 5.90. The molecule has 1 aliphatic heterocycles. The van der Waals surface area contributed by atoms with Crippen LogP contribution in [0.1, 0.15) is 45.7 Å². The summed E-state index contributed by atoms with van der Waals surface area (Å²) in [5.74, 6) is 2.90. The van der Waals surface area contributed by atoms with E-state index in [4.69, 9.17) is 18.9 Å². The van der Waals surface area contributed by atoms with E-state index in [0.717, 1.165) is 47.0 Å². The quantitative estimate of drug-likeness (QED) is 0.285. The van der Waals surface area contributed by atoms with Gasteiger partial charge in [0.2, 0.25) is 5.88 Å². The number of amides is 1. The van der Waals surface area contributed by atoms with Crippen LogP contribution in [-0.4, -0.2) is 58.4 Å². The summed E-state index contributed by atoms with van der Waals surface area (Å²) in [6.07, 6.45) is 4.01. The molecule has 1 amide bonds. The lowest BCUT2D eigenvalue weighted by molar-refractivity contribution is 0.0177. The number of aromatic amines is 1. The van der Waals surface area contributed by atoms with E-state index in [1.807, 2.05) is 64.1 Å². The van der Waals surface area contributed by atoms with Gasteiger partial charge in [-0.2, -0.15) is 0 Å². The van der Waals surface area contributed by atoms with E-state index >= 15 is 0 Å². The lowest BCUT2D eigenvalue weighted by atomic mass is 9.94. The minimum absolute atomic E-state index is 0.233. The van der Waals surface area contributed by atoms with Crippen LogP contribution in [0, 0.1) is 12.8 Å². The molecule has 0 saturated carbocycles. The number of likely N-dealkylation sites (tertiary alicyclic amines) is 1. The van der Waals surface area contributed by atoms with Gasteiger partial charge >= 0.3 is 6.09 Å². The van der Waals surface area contributed by atoms with Gasteiger partial charge in [-0.15, -0.1) is 0 Å². The Morgan fingerprint density at radius 2 is 1.85 bits per heavy atom. The van der Waals surface area contributed by atoms with Gasteiger partial charge in [0.15, 0.2) is 17.2 Å². The number of carbonyl (C=O) groups excluding carboxylic acids is 1. The summed E-state index contributed by atoms with van der Waals surface area (Å²) in [5, 5.41) is 1.73. The topological polar surface area (TPSA) is 98.8 Å². The number of aromatic nitrogens is 3. The first kappa shape index (κ1) is 26.6. The van der Waals surface area contributed by atoms with Crippen molar-refractivity contribution in [3.63, 3.8) is 0 Å². The maximum Gasteiger partial charge on any atom is 0.410 e. The van der Waals surface area contributed by atoms with Gasteiger partial charge in [-0.3, -0.25) is 0 Å². The third-order valence-corrected chi connectivity index (χ3v) is 6.97. The van der Waals surface area contributed by atoms with Crippen molar-refractivity contribution in [1.82, 2.24) is 19.9 Å². The standard InChI is InChI=1S/C30H36N4O5/c1-19-27(21-8-6-7-9-23(21)33-19)38-28-22-16-25(36-5)26(17-24(22)31-18-32-28)37-15-12-20-10-13-34(14-11-20)29(35)39-30(2,3)4/h6-9,16-18,20,33H,10-15H2,1-5H3. The molecule has 3 heterocycles. The molecule has 4 aromatic rings. The second-order valence-corrected chi connectivity index (χ2v) is 11.0. The molecule has 1 N–H and O–H groups in total. The lowest BCUT2D eigenvalue weighted by Gasteiger charge is -2.33. The number of fused-ring (bicyclic) bond motifs is 2. The smallest absolute Gasteiger partial charge is 0.410 e. The molecule has 1 saturated heterocycles. The number of aryl methyl sites for hydroxylation is 1. The number of hydrogen-bond acceptors (Lipinski definition) is 7. The highest BCUT2D eigenvalue weighted by atomic mass is 16.6. The number of nitrogens with zero attached hydrogens (tertiary/aromatic N) is 3. The lowest BCUT2D eigenvalue weighted by Crippen LogP contribution is -2.41. The molecule has 0 spiro atoms. The number of benzene rings is 2. The van der Waals surface area contributed by atoms with Crippen molar-refractivity contribution in [2.45, 2.75) is 52.6 Å². The van der Waals surface area contributed by atoms with Crippen LogP contribution in [0.4, 0.5) is 4.79 Å². The molecule has 206 valence electrons. The van der Waals surface area contributed by atoms with Crippen molar-refractivity contribution in [2.75, 3.05) is 26.8 Å². The minimum atomic E-state index is -0.478. The zero-order chi connectivity index (χ0) is 27.6. The number of H-pyrrole nitrogens is 1. The van der Waals surface area contributed by atoms with E-state index in [1.54, 1.807) is 12.0 Å². The predicted molar refractivity (Wildman–Crippen MR) is 150 cm³/mol. The highest BCUT2D eigenvalue weighted by Crippen LogP contribution is 2.39. The van der Waals surface area contributed by atoms with E-state index in [2.05, 4.69) is 15.0 Å². The monoisotopic (exact) mass is 532 g/mol. The van der Waals surface area contributed by atoms with Crippen LogP contribution in [0.5, 0.6) is 23.1 Å². The summed E-state index contributed by atoms with van der Waals surface area (Å²) in [4.78, 5) is 26.4. The van der Waals surface area contributed by atoms with Crippen LogP contribution >= 0.6 is 0 Å². The fourth-order valence-corrected chi connectivity index (χ4v) is 4.94. The van der Waals surface area contributed by atoms with Crippen LogP contribution in [0.25, 0.3) is 21.8 Å². The summed E-state index contributed by atoms with van der Waals surface area (Å²) < 4.78 is 23.6. The Morgan fingerprint density at radius 1 is 1.08 bits per heavy atom. The van der Waals surface area contributed by atoms with Crippen LogP contribution in [0.3, 0.4) is 0 Å². The molecule has 1 aliphatic rings. The molecule has 39 heavy (non-hydrogen) atoms. The first-order valence-electron chi connectivity index (χ1n) is 13.4. The maximum absolute atomic E-state index is 12.3. The van der Waals surface area contributed by atoms with Crippen molar-refractivity contribution >= 4 is 27.9 Å². The molecule has 0 atom stereocenters. The van der Waals surface area contributed by atoms with Gasteiger partial charge in [0, 0.05) is 30.1 Å². The first-order chi connectivity index (χ1) is 18.7. The number of methoxy groups -OCH3 is 1. The van der Waals surface area contributed by atoms with Crippen LogP contribution < -0.4 is 14.2 Å². The van der Waals surface area contributed by atoms with Crippen molar-refractivity contribution < 1.29 is 23.7 Å². The normalized spacial score (nSPS) is 14.5. The van der Waals surface area contributed by atoms with Crippen molar-refractivity contribution in [3.05, 3.63) is 48.4 Å². The Bertz CT molecular complexity index is 1470. The Labute approximate surface area is 228 Å². The van der Waals surface area contributed by atoms with Gasteiger partial charge in [-0.25, -0.2) is 14.8 Å². The van der Waals surface area contributed by atoms with Gasteiger partial charge in [0.05, 0.1) is 30.3 Å². The molecular formula is C30H36N4O5.